The Balaban J connectivity index is 1.54. The molecule has 0 amide bonds. The fraction of sp³-hybridized carbons (Fsp3) is 0.500. The molecule has 5 heterocycles. The molecule has 8 nitrogen and oxygen atoms in total. The van der Waals surface area contributed by atoms with Crippen LogP contribution >= 0.6 is 11.6 Å². The van der Waals surface area contributed by atoms with Crippen molar-refractivity contribution in [2.24, 2.45) is 0 Å². The van der Waals surface area contributed by atoms with Crippen molar-refractivity contribution in [1.29, 1.82) is 0 Å². The summed E-state index contributed by atoms with van der Waals surface area (Å²) in [5.74, 6) is -0.453. The molecule has 0 N–H and O–H groups in total. The molecule has 5 rings (SSSR count). The van der Waals surface area contributed by atoms with E-state index in [9.17, 15) is 22.8 Å². The van der Waals surface area contributed by atoms with Crippen LogP contribution in [0.3, 0.4) is 0 Å². The Kier molecular flexibility index (Phi) is 5.12. The smallest absolute Gasteiger partial charge is 0.374 e. The highest BCUT2D eigenvalue weighted by atomic mass is 35.5. The zero-order valence-corrected chi connectivity index (χ0v) is 17.5. The summed E-state index contributed by atoms with van der Waals surface area (Å²) < 4.78 is 48.5. The molecule has 3 aliphatic heterocycles. The molecule has 3 aliphatic rings. The summed E-state index contributed by atoms with van der Waals surface area (Å²) in [5, 5.41) is 0.199. The van der Waals surface area contributed by atoms with Crippen molar-refractivity contribution in [1.82, 2.24) is 14.5 Å². The van der Waals surface area contributed by atoms with Gasteiger partial charge in [0.2, 0.25) is 5.95 Å². The average molecular weight is 470 g/mol. The Morgan fingerprint density at radius 1 is 1.28 bits per heavy atom. The minimum absolute atomic E-state index is 0.0246. The number of halogens is 4. The quantitative estimate of drug-likeness (QED) is 0.635. The van der Waals surface area contributed by atoms with Gasteiger partial charge < -0.3 is 14.5 Å². The Hall–Kier alpha value is -2.66. The van der Waals surface area contributed by atoms with Crippen molar-refractivity contribution in [3.8, 4) is 0 Å². The molecule has 2 saturated heterocycles. The number of rotatable bonds is 4. The van der Waals surface area contributed by atoms with E-state index in [-0.39, 0.29) is 41.6 Å². The first kappa shape index (κ1) is 21.2. The maximum absolute atomic E-state index is 13.9. The molecule has 0 spiro atoms. The number of carbonyl (C=O) groups is 1. The Morgan fingerprint density at radius 2 is 2.09 bits per heavy atom. The highest BCUT2D eigenvalue weighted by Gasteiger charge is 2.48. The number of fused-ring (bicyclic) bond motifs is 3. The molecule has 2 aromatic heterocycles. The summed E-state index contributed by atoms with van der Waals surface area (Å²) in [4.78, 5) is 36.7. The van der Waals surface area contributed by atoms with E-state index in [0.29, 0.717) is 19.0 Å². The monoisotopic (exact) mass is 469 g/mol. The summed E-state index contributed by atoms with van der Waals surface area (Å²) >= 11 is 5.88. The van der Waals surface area contributed by atoms with Gasteiger partial charge in [-0.15, -0.1) is 0 Å². The lowest BCUT2D eigenvalue weighted by Gasteiger charge is -2.39. The number of aromatic nitrogens is 3. The molecule has 2 aromatic rings. The topological polar surface area (TPSA) is 80.6 Å². The van der Waals surface area contributed by atoms with Crippen molar-refractivity contribution in [2.45, 2.75) is 43.8 Å². The highest BCUT2D eigenvalue weighted by molar-refractivity contribution is 6.30. The van der Waals surface area contributed by atoms with Gasteiger partial charge in [-0.2, -0.15) is 18.2 Å². The third-order valence-electron chi connectivity index (χ3n) is 6.15. The van der Waals surface area contributed by atoms with E-state index in [2.05, 4.69) is 9.97 Å². The molecule has 0 unspecified atom stereocenters. The molecule has 3 atom stereocenters. The normalized spacial score (nSPS) is 24.7. The number of nitrogens with zero attached hydrogens (tertiary/aromatic N) is 5. The van der Waals surface area contributed by atoms with Crippen molar-refractivity contribution in [3.05, 3.63) is 45.5 Å². The third kappa shape index (κ3) is 3.73. The number of morpholine rings is 1. The van der Waals surface area contributed by atoms with Gasteiger partial charge in [-0.05, 0) is 18.9 Å². The van der Waals surface area contributed by atoms with Gasteiger partial charge in [0.25, 0.3) is 5.56 Å². The summed E-state index contributed by atoms with van der Waals surface area (Å²) in [6.07, 6.45) is -1.58. The van der Waals surface area contributed by atoms with E-state index in [1.807, 2.05) is 4.90 Å². The van der Waals surface area contributed by atoms with E-state index in [4.69, 9.17) is 16.3 Å². The fourth-order valence-corrected chi connectivity index (χ4v) is 4.79. The predicted octanol–water partition coefficient (Wildman–Crippen LogP) is 2.29. The van der Waals surface area contributed by atoms with Gasteiger partial charge in [-0.25, -0.2) is 0 Å². The highest BCUT2D eigenvalue weighted by Crippen LogP contribution is 2.36. The van der Waals surface area contributed by atoms with Gasteiger partial charge in [-0.1, -0.05) is 11.6 Å². The second-order valence-electron chi connectivity index (χ2n) is 8.19. The second-order valence-corrected chi connectivity index (χ2v) is 8.63. The maximum atomic E-state index is 13.9. The number of anilines is 2. The molecule has 12 heteroatoms. The Morgan fingerprint density at radius 3 is 2.75 bits per heavy atom. The zero-order valence-electron chi connectivity index (χ0n) is 16.8. The standard InChI is InChI=1S/C20H19ClF3N5O3/c21-12-3-11(6-25-7-12)15(30)9-29-16(20(22,23)24)1-2-27-18(31)5-17(26-19(27)29)28-8-14-4-13(28)10-32-14/h3,5-7,13-14,16H,1-2,4,8-10H2/t13-,14-,16-/m0/s1. The lowest BCUT2D eigenvalue weighted by molar-refractivity contribution is -0.152. The lowest BCUT2D eigenvalue weighted by atomic mass is 10.1. The van der Waals surface area contributed by atoms with Crippen molar-refractivity contribution in [2.75, 3.05) is 29.5 Å². The summed E-state index contributed by atoms with van der Waals surface area (Å²) in [5.41, 5.74) is -0.362. The van der Waals surface area contributed by atoms with Crippen LogP contribution in [0.2, 0.25) is 5.02 Å². The van der Waals surface area contributed by atoms with Gasteiger partial charge in [0, 0.05) is 37.1 Å². The number of Topliss-reactive ketones (excluding diaryl/α,β-unsaturated/α-hetero) is 1. The SMILES string of the molecule is O=C(CN1c2nc(N3C[C@@H]4C[C@H]3CO4)cc(=O)n2CC[C@H]1C(F)(F)F)c1cncc(Cl)c1. The molecular formula is C20H19ClF3N5O3. The van der Waals surface area contributed by atoms with Gasteiger partial charge in [-0.3, -0.25) is 19.1 Å². The van der Waals surface area contributed by atoms with Crippen LogP contribution < -0.4 is 15.4 Å². The van der Waals surface area contributed by atoms with Gasteiger partial charge in [0.1, 0.15) is 11.9 Å². The van der Waals surface area contributed by atoms with Gasteiger partial charge in [0.05, 0.1) is 30.3 Å². The molecule has 0 aromatic carbocycles. The van der Waals surface area contributed by atoms with Crippen LogP contribution in [0.15, 0.2) is 29.3 Å². The van der Waals surface area contributed by atoms with Crippen molar-refractivity contribution >= 4 is 29.2 Å². The number of carbonyl (C=O) groups excluding carboxylic acids is 1. The van der Waals surface area contributed by atoms with Crippen LogP contribution in [-0.2, 0) is 11.3 Å². The lowest BCUT2D eigenvalue weighted by Crippen LogP contribution is -2.54. The van der Waals surface area contributed by atoms with Crippen LogP contribution in [0, 0.1) is 0 Å². The average Bonchev–Trinajstić information content (AvgIpc) is 3.37. The third-order valence-corrected chi connectivity index (χ3v) is 6.35. The first-order valence-electron chi connectivity index (χ1n) is 10.2. The van der Waals surface area contributed by atoms with E-state index in [1.54, 1.807) is 0 Å². The number of pyridine rings is 1. The maximum Gasteiger partial charge on any atom is 0.408 e. The molecule has 0 saturated carbocycles. The number of hydrogen-bond donors (Lipinski definition) is 0. The van der Waals surface area contributed by atoms with Gasteiger partial charge >= 0.3 is 6.18 Å². The molecule has 32 heavy (non-hydrogen) atoms. The van der Waals surface area contributed by atoms with Crippen molar-refractivity contribution in [3.63, 3.8) is 0 Å². The summed E-state index contributed by atoms with van der Waals surface area (Å²) in [7, 11) is 0. The van der Waals surface area contributed by atoms with E-state index in [1.165, 1.54) is 29.1 Å². The summed E-state index contributed by atoms with van der Waals surface area (Å²) in [6, 6.07) is 0.782. The van der Waals surface area contributed by atoms with Gasteiger partial charge in [0.15, 0.2) is 5.78 Å². The van der Waals surface area contributed by atoms with Crippen LogP contribution in [0.1, 0.15) is 23.2 Å². The second kappa shape index (κ2) is 7.73. The fourth-order valence-electron chi connectivity index (χ4n) is 4.62. The van der Waals surface area contributed by atoms with Crippen LogP contribution in [-0.4, -0.2) is 64.4 Å². The Bertz CT molecular complexity index is 1120. The first-order chi connectivity index (χ1) is 15.2. The number of ketones is 1. The predicted molar refractivity (Wildman–Crippen MR) is 109 cm³/mol. The summed E-state index contributed by atoms with van der Waals surface area (Å²) in [6.45, 7) is 0.262. The van der Waals surface area contributed by atoms with Crippen molar-refractivity contribution < 1.29 is 22.7 Å². The molecule has 170 valence electrons. The Labute approximate surface area is 185 Å². The molecular weight excluding hydrogens is 451 g/mol. The van der Waals surface area contributed by atoms with E-state index in [0.717, 1.165) is 11.3 Å². The van der Waals surface area contributed by atoms with E-state index >= 15 is 0 Å². The molecule has 2 bridgehead atoms. The molecule has 0 aliphatic carbocycles. The minimum Gasteiger partial charge on any atom is -0.374 e. The van der Waals surface area contributed by atoms with Crippen LogP contribution in [0.5, 0.6) is 0 Å². The minimum atomic E-state index is -4.60. The first-order valence-corrected chi connectivity index (χ1v) is 10.6. The molecule has 0 radical (unpaired) electrons. The van der Waals surface area contributed by atoms with Crippen LogP contribution in [0.4, 0.5) is 24.9 Å². The largest absolute Gasteiger partial charge is 0.408 e. The number of hydrogen-bond acceptors (Lipinski definition) is 7. The van der Waals surface area contributed by atoms with E-state index < -0.39 is 30.1 Å². The number of ether oxygens (including phenoxy) is 1. The van der Waals surface area contributed by atoms with Crippen LogP contribution in [0.25, 0.3) is 0 Å². The number of alkyl halides is 3. The molecule has 2 fully saturated rings. The zero-order chi connectivity index (χ0) is 22.6.